The maximum absolute atomic E-state index is 13.7. The van der Waals surface area contributed by atoms with Crippen LogP contribution in [0.3, 0.4) is 0 Å². The fourth-order valence-corrected chi connectivity index (χ4v) is 1.84. The van der Waals surface area contributed by atoms with Crippen LogP contribution >= 0.6 is 0 Å². The van der Waals surface area contributed by atoms with Gasteiger partial charge in [-0.05, 0) is 35.9 Å². The quantitative estimate of drug-likeness (QED) is 0.738. The van der Waals surface area contributed by atoms with Crippen LogP contribution in [-0.4, -0.2) is 22.7 Å². The van der Waals surface area contributed by atoms with Crippen LogP contribution < -0.4 is 16.0 Å². The van der Waals surface area contributed by atoms with Gasteiger partial charge in [0.05, 0.1) is 5.69 Å². The number of anilines is 2. The summed E-state index contributed by atoms with van der Waals surface area (Å²) < 4.78 is 13.7. The van der Waals surface area contributed by atoms with Crippen molar-refractivity contribution in [3.05, 3.63) is 54.1 Å². The Bertz CT molecular complexity index is 765. The zero-order valence-corrected chi connectivity index (χ0v) is 12.8. The molecule has 2 aromatic rings. The Morgan fingerprint density at radius 1 is 1.04 bits per heavy atom. The van der Waals surface area contributed by atoms with Crippen molar-refractivity contribution in [1.29, 1.82) is 0 Å². The number of pyridine rings is 1. The van der Waals surface area contributed by atoms with Gasteiger partial charge in [-0.15, -0.1) is 0 Å². The number of carbonyl (C=O) groups excluding carboxylic acids is 3. The molecule has 0 unspecified atom stereocenters. The van der Waals surface area contributed by atoms with Gasteiger partial charge in [-0.1, -0.05) is 0 Å². The highest BCUT2D eigenvalue weighted by atomic mass is 19.1. The summed E-state index contributed by atoms with van der Waals surface area (Å²) >= 11 is 0. The van der Waals surface area contributed by atoms with Crippen LogP contribution in [0.5, 0.6) is 0 Å². The van der Waals surface area contributed by atoms with Crippen molar-refractivity contribution in [3.63, 3.8) is 0 Å². The first-order valence-electron chi connectivity index (χ1n) is 7.01. The Balaban J connectivity index is 1.98. The van der Waals surface area contributed by atoms with Gasteiger partial charge in [0.25, 0.3) is 0 Å². The molecule has 0 atom stereocenters. The van der Waals surface area contributed by atoms with E-state index in [0.29, 0.717) is 5.69 Å². The van der Waals surface area contributed by atoms with E-state index in [4.69, 9.17) is 0 Å². The van der Waals surface area contributed by atoms with Crippen LogP contribution in [0.1, 0.15) is 12.5 Å². The number of aromatic nitrogens is 1. The topological polar surface area (TPSA) is 100 Å². The molecule has 0 saturated carbocycles. The summed E-state index contributed by atoms with van der Waals surface area (Å²) in [7, 11) is 0. The van der Waals surface area contributed by atoms with E-state index in [1.54, 1.807) is 24.5 Å². The minimum Gasteiger partial charge on any atom is -0.344 e. The number of halogens is 1. The largest absolute Gasteiger partial charge is 0.344 e. The molecular weight excluding hydrogens is 315 g/mol. The Morgan fingerprint density at radius 2 is 1.75 bits per heavy atom. The first kappa shape index (κ1) is 17.1. The summed E-state index contributed by atoms with van der Waals surface area (Å²) in [5, 5.41) is 7.04. The molecule has 0 aliphatic heterocycles. The summed E-state index contributed by atoms with van der Waals surface area (Å²) in [6, 6.07) is 7.03. The van der Waals surface area contributed by atoms with Crippen molar-refractivity contribution in [1.82, 2.24) is 10.3 Å². The third kappa shape index (κ3) is 4.87. The van der Waals surface area contributed by atoms with E-state index in [9.17, 15) is 18.8 Å². The van der Waals surface area contributed by atoms with Crippen molar-refractivity contribution in [2.24, 2.45) is 0 Å². The van der Waals surface area contributed by atoms with Crippen LogP contribution in [0.15, 0.2) is 42.7 Å². The van der Waals surface area contributed by atoms with Gasteiger partial charge in [-0.3, -0.25) is 19.4 Å². The molecule has 0 aliphatic rings. The molecule has 3 N–H and O–H groups in total. The van der Waals surface area contributed by atoms with Gasteiger partial charge in [0.1, 0.15) is 5.82 Å². The standard InChI is InChI=1S/C16H15FN4O3/c1-10(22)20-12-2-3-13(17)14(8-12)21-16(24)15(23)19-9-11-4-6-18-7-5-11/h2-8H,9H2,1H3,(H,19,23)(H,20,22)(H,21,24). The first-order chi connectivity index (χ1) is 11.5. The number of benzene rings is 1. The lowest BCUT2D eigenvalue weighted by Crippen LogP contribution is -2.35. The SMILES string of the molecule is CC(=O)Nc1ccc(F)c(NC(=O)C(=O)NCc2ccncc2)c1. The molecule has 24 heavy (non-hydrogen) atoms. The predicted octanol–water partition coefficient (Wildman–Crippen LogP) is 1.43. The second kappa shape index (κ2) is 7.82. The summed E-state index contributed by atoms with van der Waals surface area (Å²) in [5.74, 6) is -2.98. The molecule has 0 bridgehead atoms. The minimum absolute atomic E-state index is 0.142. The number of nitrogens with one attached hydrogen (secondary N) is 3. The fraction of sp³-hybridized carbons (Fsp3) is 0.125. The minimum atomic E-state index is -1.01. The van der Waals surface area contributed by atoms with Crippen molar-refractivity contribution in [2.75, 3.05) is 10.6 Å². The highest BCUT2D eigenvalue weighted by Crippen LogP contribution is 2.19. The average molecular weight is 330 g/mol. The number of rotatable bonds is 4. The number of carbonyl (C=O) groups is 3. The lowest BCUT2D eigenvalue weighted by atomic mass is 10.2. The third-order valence-electron chi connectivity index (χ3n) is 2.94. The average Bonchev–Trinajstić information content (AvgIpc) is 2.56. The molecule has 0 spiro atoms. The third-order valence-corrected chi connectivity index (χ3v) is 2.94. The molecule has 0 radical (unpaired) electrons. The monoisotopic (exact) mass is 330 g/mol. The molecule has 0 fully saturated rings. The van der Waals surface area contributed by atoms with E-state index in [0.717, 1.165) is 11.6 Å². The van der Waals surface area contributed by atoms with E-state index in [-0.39, 0.29) is 18.1 Å². The van der Waals surface area contributed by atoms with Gasteiger partial charge in [-0.2, -0.15) is 0 Å². The van der Waals surface area contributed by atoms with Crippen LogP contribution in [0.25, 0.3) is 0 Å². The molecule has 7 nitrogen and oxygen atoms in total. The summed E-state index contributed by atoms with van der Waals surface area (Å²) in [6.45, 7) is 1.44. The molecule has 0 aliphatic carbocycles. The number of hydrogen-bond donors (Lipinski definition) is 3. The lowest BCUT2D eigenvalue weighted by Gasteiger charge is -2.09. The summed E-state index contributed by atoms with van der Waals surface area (Å²) in [4.78, 5) is 38.4. The number of amides is 3. The number of hydrogen-bond acceptors (Lipinski definition) is 4. The van der Waals surface area contributed by atoms with Crippen LogP contribution in [0.2, 0.25) is 0 Å². The van der Waals surface area contributed by atoms with E-state index in [1.165, 1.54) is 19.1 Å². The highest BCUT2D eigenvalue weighted by Gasteiger charge is 2.16. The Hall–Kier alpha value is -3.29. The number of nitrogens with zero attached hydrogens (tertiary/aromatic N) is 1. The molecule has 2 rings (SSSR count). The van der Waals surface area contributed by atoms with Crippen molar-refractivity contribution >= 4 is 29.1 Å². The van der Waals surface area contributed by atoms with Crippen LogP contribution in [0.4, 0.5) is 15.8 Å². The van der Waals surface area contributed by atoms with Gasteiger partial charge >= 0.3 is 11.8 Å². The zero-order chi connectivity index (χ0) is 17.5. The van der Waals surface area contributed by atoms with Gasteiger partial charge in [0.15, 0.2) is 0 Å². The molecular formula is C16H15FN4O3. The first-order valence-corrected chi connectivity index (χ1v) is 7.01. The van der Waals surface area contributed by atoms with Crippen LogP contribution in [0, 0.1) is 5.82 Å². The van der Waals surface area contributed by atoms with Gasteiger partial charge in [-0.25, -0.2) is 4.39 Å². The van der Waals surface area contributed by atoms with Crippen molar-refractivity contribution in [3.8, 4) is 0 Å². The van der Waals surface area contributed by atoms with E-state index >= 15 is 0 Å². The maximum atomic E-state index is 13.7. The van der Waals surface area contributed by atoms with Crippen LogP contribution in [-0.2, 0) is 20.9 Å². The lowest BCUT2D eigenvalue weighted by molar-refractivity contribution is -0.136. The van der Waals surface area contributed by atoms with Crippen molar-refractivity contribution < 1.29 is 18.8 Å². The predicted molar refractivity (Wildman–Crippen MR) is 85.4 cm³/mol. The van der Waals surface area contributed by atoms with Crippen molar-refractivity contribution in [2.45, 2.75) is 13.5 Å². The Morgan fingerprint density at radius 3 is 2.42 bits per heavy atom. The highest BCUT2D eigenvalue weighted by molar-refractivity contribution is 6.39. The van der Waals surface area contributed by atoms with E-state index in [1.807, 2.05) is 0 Å². The van der Waals surface area contributed by atoms with Gasteiger partial charge < -0.3 is 16.0 Å². The maximum Gasteiger partial charge on any atom is 0.313 e. The molecule has 1 aromatic heterocycles. The molecule has 1 heterocycles. The van der Waals surface area contributed by atoms with E-state index in [2.05, 4.69) is 20.9 Å². The second-order valence-corrected chi connectivity index (χ2v) is 4.87. The van der Waals surface area contributed by atoms with Gasteiger partial charge in [0.2, 0.25) is 5.91 Å². The Labute approximate surface area is 137 Å². The Kier molecular flexibility index (Phi) is 5.56. The zero-order valence-electron chi connectivity index (χ0n) is 12.8. The summed E-state index contributed by atoms with van der Waals surface area (Å²) in [5.41, 5.74) is 0.867. The molecule has 1 aromatic carbocycles. The molecule has 124 valence electrons. The molecule has 0 saturated heterocycles. The fourth-order valence-electron chi connectivity index (χ4n) is 1.84. The molecule has 3 amide bonds. The van der Waals surface area contributed by atoms with E-state index < -0.39 is 17.6 Å². The second-order valence-electron chi connectivity index (χ2n) is 4.87. The normalized spacial score (nSPS) is 9.92. The summed E-state index contributed by atoms with van der Waals surface area (Å²) in [6.07, 6.45) is 3.12. The molecule has 8 heteroatoms. The smallest absolute Gasteiger partial charge is 0.313 e. The van der Waals surface area contributed by atoms with Gasteiger partial charge in [0, 0.05) is 31.5 Å².